The van der Waals surface area contributed by atoms with Crippen LogP contribution in [0.3, 0.4) is 0 Å². The normalized spacial score (nSPS) is 12.4. The monoisotopic (exact) mass is 870 g/mol. The molecule has 0 spiro atoms. The summed E-state index contributed by atoms with van der Waals surface area (Å²) in [5, 5.41) is 6.79. The van der Waals surface area contributed by atoms with Crippen molar-refractivity contribution in [3.63, 3.8) is 0 Å². The quantitative estimate of drug-likeness (QED) is 0.143. The second-order valence-corrected chi connectivity index (χ2v) is 19.7. The maximum absolute atomic E-state index is 6.98. The van der Waals surface area contributed by atoms with Crippen LogP contribution in [0, 0.1) is 0 Å². The van der Waals surface area contributed by atoms with Gasteiger partial charge in [0.15, 0.2) is 0 Å². The van der Waals surface area contributed by atoms with Crippen LogP contribution in [0.4, 0.5) is 0 Å². The van der Waals surface area contributed by atoms with Crippen LogP contribution in [-0.4, -0.2) is 18.8 Å². The largest absolute Gasteiger partial charge is 0.457 e. The van der Waals surface area contributed by atoms with E-state index in [4.69, 9.17) is 14.7 Å². The van der Waals surface area contributed by atoms with Crippen molar-refractivity contribution in [2.24, 2.45) is 0 Å². The highest BCUT2D eigenvalue weighted by Crippen LogP contribution is 2.46. The minimum atomic E-state index is 0.357. The molecule has 5 heteroatoms. The third-order valence-corrected chi connectivity index (χ3v) is 14.2. The lowest BCUT2D eigenvalue weighted by molar-refractivity contribution is 0.484. The lowest BCUT2D eigenvalue weighted by Gasteiger charge is -2.22. The van der Waals surface area contributed by atoms with Crippen molar-refractivity contribution in [3.05, 3.63) is 180 Å². The first-order valence-electron chi connectivity index (χ1n) is 24.0. The fourth-order valence-corrected chi connectivity index (χ4v) is 11.2. The molecule has 5 nitrogen and oxygen atoms in total. The van der Waals surface area contributed by atoms with Gasteiger partial charge >= 0.3 is 0 Å². The van der Waals surface area contributed by atoms with Crippen molar-refractivity contribution in [2.45, 2.75) is 79.1 Å². The highest BCUT2D eigenvalue weighted by Gasteiger charge is 2.24. The van der Waals surface area contributed by atoms with Crippen LogP contribution in [0.25, 0.3) is 99.0 Å². The average molecular weight is 871 g/mol. The lowest BCUT2D eigenvalue weighted by atomic mass is 9.83. The molecule has 0 aliphatic rings. The Kier molecular flexibility index (Phi) is 9.51. The summed E-state index contributed by atoms with van der Waals surface area (Å²) in [7, 11) is 0. The molecular weight excluding hydrogens is 817 g/mol. The highest BCUT2D eigenvalue weighted by atomic mass is 16.5. The number of pyridine rings is 2. The first kappa shape index (κ1) is 41.0. The van der Waals surface area contributed by atoms with Crippen molar-refractivity contribution in [3.8, 4) is 33.8 Å². The van der Waals surface area contributed by atoms with Gasteiger partial charge in [-0.1, -0.05) is 146 Å². The predicted octanol–water partition coefficient (Wildman–Crippen LogP) is 17.5. The molecule has 0 bridgehead atoms. The molecule has 4 heterocycles. The molecule has 4 aromatic heterocycles. The molecule has 0 radical (unpaired) electrons. The molecule has 0 N–H and O–H groups in total. The number of aromatic nitrogens is 4. The van der Waals surface area contributed by atoms with Gasteiger partial charge in [-0.15, -0.1) is 0 Å². The Morgan fingerprint density at radius 2 is 0.821 bits per heavy atom. The zero-order valence-corrected chi connectivity index (χ0v) is 39.5. The molecule has 0 amide bonds. The lowest BCUT2D eigenvalue weighted by Crippen LogP contribution is -2.02. The number of fused-ring (bicyclic) bond motifs is 16. The van der Waals surface area contributed by atoms with Crippen LogP contribution < -0.4 is 4.74 Å². The zero-order valence-electron chi connectivity index (χ0n) is 39.5. The van der Waals surface area contributed by atoms with Crippen LogP contribution >= 0.6 is 0 Å². The van der Waals surface area contributed by atoms with Crippen molar-refractivity contribution < 1.29 is 4.74 Å². The fourth-order valence-electron chi connectivity index (χ4n) is 11.2. The van der Waals surface area contributed by atoms with E-state index in [0.717, 1.165) is 71.9 Å². The molecule has 0 atom stereocenters. The van der Waals surface area contributed by atoms with Gasteiger partial charge < -0.3 is 4.74 Å². The van der Waals surface area contributed by atoms with Gasteiger partial charge in [0.1, 0.15) is 22.8 Å². The van der Waals surface area contributed by atoms with Gasteiger partial charge in [0.25, 0.3) is 0 Å². The summed E-state index contributed by atoms with van der Waals surface area (Å²) in [6.07, 6.45) is 0. The van der Waals surface area contributed by atoms with Gasteiger partial charge in [-0.3, -0.25) is 8.80 Å². The third kappa shape index (κ3) is 6.28. The zero-order chi connectivity index (χ0) is 45.8. The number of rotatable bonds is 8. The molecule has 0 fully saturated rings. The first-order valence-corrected chi connectivity index (χ1v) is 24.0. The Bertz CT molecular complexity index is 3920. The van der Waals surface area contributed by atoms with E-state index in [0.29, 0.717) is 23.7 Å². The maximum atomic E-state index is 6.98. The standard InChI is InChI=1S/C62H54N4O/c1-35(2)41-17-13-18-42(36(3)4)57(41)48-22-16-28-56-59(48)46-32-30-40(34-51(46)61-63-52-24-9-11-26-54(52)65(56)61)67-39-29-31-45-47-21-15-23-49(58-43(37(5)6)19-14-20-44(58)38(7)8)60(47)66-55-27-12-10-25-53(55)64-62(66)50(45)33-39/h9-38H,1-8H3. The number of para-hydroxylation sites is 5. The molecule has 0 saturated heterocycles. The molecule has 12 rings (SSSR count). The van der Waals surface area contributed by atoms with E-state index in [9.17, 15) is 0 Å². The molecule has 8 aromatic carbocycles. The van der Waals surface area contributed by atoms with Crippen molar-refractivity contribution >= 4 is 76.7 Å². The van der Waals surface area contributed by atoms with Gasteiger partial charge in [-0.25, -0.2) is 9.97 Å². The smallest absolute Gasteiger partial charge is 0.146 e. The summed E-state index contributed by atoms with van der Waals surface area (Å²) in [6, 6.07) is 57.4. The van der Waals surface area contributed by atoms with Crippen LogP contribution in [0.2, 0.25) is 0 Å². The van der Waals surface area contributed by atoms with Crippen LogP contribution in [0.15, 0.2) is 158 Å². The van der Waals surface area contributed by atoms with Crippen LogP contribution in [0.5, 0.6) is 11.5 Å². The van der Waals surface area contributed by atoms with Gasteiger partial charge in [0.05, 0.1) is 33.1 Å². The van der Waals surface area contributed by atoms with E-state index < -0.39 is 0 Å². The van der Waals surface area contributed by atoms with Crippen LogP contribution in [0.1, 0.15) is 101 Å². The number of nitrogens with zero attached hydrogens (tertiary/aromatic N) is 4. The Morgan fingerprint density at radius 3 is 1.40 bits per heavy atom. The number of hydrogen-bond acceptors (Lipinski definition) is 3. The van der Waals surface area contributed by atoms with Crippen molar-refractivity contribution in [1.29, 1.82) is 0 Å². The highest BCUT2D eigenvalue weighted by molar-refractivity contribution is 6.20. The molecule has 328 valence electrons. The predicted molar refractivity (Wildman–Crippen MR) is 283 cm³/mol. The molecule has 67 heavy (non-hydrogen) atoms. The van der Waals surface area contributed by atoms with E-state index in [1.807, 2.05) is 0 Å². The molecule has 0 unspecified atom stereocenters. The molecule has 12 aromatic rings. The topological polar surface area (TPSA) is 43.8 Å². The second kappa shape index (κ2) is 15.6. The van der Waals surface area contributed by atoms with Crippen LogP contribution in [-0.2, 0) is 0 Å². The van der Waals surface area contributed by atoms with E-state index in [-0.39, 0.29) is 0 Å². The maximum Gasteiger partial charge on any atom is 0.146 e. The number of imidazole rings is 2. The number of hydrogen-bond donors (Lipinski definition) is 0. The summed E-state index contributed by atoms with van der Waals surface area (Å²) in [5.41, 5.74) is 18.9. The van der Waals surface area contributed by atoms with Crippen molar-refractivity contribution in [2.75, 3.05) is 0 Å². The Hall–Kier alpha value is -7.50. The molecule has 0 saturated carbocycles. The number of benzene rings is 8. The minimum absolute atomic E-state index is 0.357. The summed E-state index contributed by atoms with van der Waals surface area (Å²) in [5.74, 6) is 2.94. The van der Waals surface area contributed by atoms with E-state index in [1.54, 1.807) is 0 Å². The molecular formula is C62H54N4O. The summed E-state index contributed by atoms with van der Waals surface area (Å²) in [6.45, 7) is 18.4. The van der Waals surface area contributed by atoms with Crippen molar-refractivity contribution in [1.82, 2.24) is 18.8 Å². The SMILES string of the molecule is CC(C)c1cccc(C(C)C)c1-c1cccc2c1c1ccc(Oc3ccc4c(c3)c3nc5ccccc5n3c3c(-c5c(C(C)C)cccc5C(C)C)cccc43)cc1c1nc3ccccc3n21. The summed E-state index contributed by atoms with van der Waals surface area (Å²) >= 11 is 0. The molecule has 0 aliphatic heterocycles. The summed E-state index contributed by atoms with van der Waals surface area (Å²) < 4.78 is 11.7. The Labute approximate surface area is 391 Å². The molecule has 0 aliphatic carbocycles. The van der Waals surface area contributed by atoms with E-state index in [2.05, 4.69) is 222 Å². The Balaban J connectivity index is 1.09. The van der Waals surface area contributed by atoms with Gasteiger partial charge in [0, 0.05) is 27.1 Å². The second-order valence-electron chi connectivity index (χ2n) is 19.7. The summed E-state index contributed by atoms with van der Waals surface area (Å²) in [4.78, 5) is 10.7. The van der Waals surface area contributed by atoms with E-state index in [1.165, 1.54) is 60.8 Å². The van der Waals surface area contributed by atoms with Gasteiger partial charge in [-0.2, -0.15) is 0 Å². The fraction of sp³-hybridized carbons (Fsp3) is 0.194. The number of ether oxygens (including phenoxy) is 1. The first-order chi connectivity index (χ1) is 32.6. The van der Waals surface area contributed by atoms with Gasteiger partial charge in [0.2, 0.25) is 0 Å². The van der Waals surface area contributed by atoms with Gasteiger partial charge in [-0.05, 0) is 140 Å². The van der Waals surface area contributed by atoms with E-state index >= 15 is 0 Å². The average Bonchev–Trinajstić information content (AvgIpc) is 3.93. The Morgan fingerprint density at radius 1 is 0.373 bits per heavy atom. The minimum Gasteiger partial charge on any atom is -0.457 e. The third-order valence-electron chi connectivity index (χ3n) is 14.2.